The average molecular weight is 166 g/mol. The van der Waals surface area contributed by atoms with Crippen molar-refractivity contribution in [1.82, 2.24) is 10.6 Å². The van der Waals surface area contributed by atoms with Gasteiger partial charge in [0.1, 0.15) is 0 Å². The van der Waals surface area contributed by atoms with E-state index >= 15 is 0 Å². The Morgan fingerprint density at radius 3 is 3.00 bits per heavy atom. The highest BCUT2D eigenvalue weighted by Crippen LogP contribution is 2.16. The number of piperidine rings is 1. The lowest BCUT2D eigenvalue weighted by Gasteiger charge is -2.25. The summed E-state index contributed by atoms with van der Waals surface area (Å²) in [6, 6.07) is 0. The van der Waals surface area contributed by atoms with Crippen LogP contribution in [0.15, 0.2) is 11.8 Å². The fourth-order valence-corrected chi connectivity index (χ4v) is 2.00. The largest absolute Gasteiger partial charge is 0.373 e. The Balaban J connectivity index is 1.77. The molecular formula is C10H18N2. The average Bonchev–Trinajstić information content (AvgIpc) is 2.59. The maximum absolute atomic E-state index is 3.57. The van der Waals surface area contributed by atoms with Gasteiger partial charge in [-0.2, -0.15) is 0 Å². The predicted octanol–water partition coefficient (Wildman–Crippen LogP) is 1.74. The van der Waals surface area contributed by atoms with E-state index in [4.69, 9.17) is 0 Å². The molecular weight excluding hydrogens is 148 g/mol. The molecule has 0 saturated carbocycles. The topological polar surface area (TPSA) is 24.1 Å². The van der Waals surface area contributed by atoms with Crippen molar-refractivity contribution in [3.05, 3.63) is 11.8 Å². The molecule has 1 saturated heterocycles. The van der Waals surface area contributed by atoms with Crippen molar-refractivity contribution in [3.63, 3.8) is 0 Å². The SMILES string of the molecule is C1=C(NC2CCCCN2)CCC1. The molecule has 0 radical (unpaired) electrons. The molecule has 12 heavy (non-hydrogen) atoms. The van der Waals surface area contributed by atoms with Crippen molar-refractivity contribution in [2.45, 2.75) is 44.7 Å². The van der Waals surface area contributed by atoms with Gasteiger partial charge in [0, 0.05) is 5.70 Å². The second-order valence-electron chi connectivity index (χ2n) is 3.77. The minimum atomic E-state index is 0.558. The Morgan fingerprint density at radius 1 is 1.33 bits per heavy atom. The number of rotatable bonds is 2. The quantitative estimate of drug-likeness (QED) is 0.653. The van der Waals surface area contributed by atoms with Crippen LogP contribution in [-0.2, 0) is 0 Å². The fourth-order valence-electron chi connectivity index (χ4n) is 2.00. The summed E-state index contributed by atoms with van der Waals surface area (Å²) in [5.41, 5.74) is 1.47. The Kier molecular flexibility index (Phi) is 2.67. The van der Waals surface area contributed by atoms with Crippen molar-refractivity contribution >= 4 is 0 Å². The molecule has 68 valence electrons. The zero-order chi connectivity index (χ0) is 8.23. The van der Waals surface area contributed by atoms with Gasteiger partial charge >= 0.3 is 0 Å². The molecule has 1 aliphatic heterocycles. The zero-order valence-corrected chi connectivity index (χ0v) is 7.60. The van der Waals surface area contributed by atoms with Crippen LogP contribution in [-0.4, -0.2) is 12.7 Å². The van der Waals surface area contributed by atoms with Gasteiger partial charge in [0.05, 0.1) is 6.17 Å². The van der Waals surface area contributed by atoms with Gasteiger partial charge in [-0.25, -0.2) is 0 Å². The van der Waals surface area contributed by atoms with Crippen molar-refractivity contribution in [2.75, 3.05) is 6.54 Å². The lowest BCUT2D eigenvalue weighted by Crippen LogP contribution is -2.44. The van der Waals surface area contributed by atoms with Crippen LogP contribution in [0.5, 0.6) is 0 Å². The molecule has 2 N–H and O–H groups in total. The van der Waals surface area contributed by atoms with Gasteiger partial charge in [0.15, 0.2) is 0 Å². The standard InChI is InChI=1S/C10H18N2/c1-2-6-9(5-1)12-10-7-3-4-8-11-10/h5,10-12H,1-4,6-8H2. The van der Waals surface area contributed by atoms with Crippen molar-refractivity contribution in [2.24, 2.45) is 0 Å². The van der Waals surface area contributed by atoms with E-state index in [2.05, 4.69) is 16.7 Å². The Morgan fingerprint density at radius 2 is 2.33 bits per heavy atom. The van der Waals surface area contributed by atoms with Crippen molar-refractivity contribution in [3.8, 4) is 0 Å². The van der Waals surface area contributed by atoms with Crippen LogP contribution in [0.25, 0.3) is 0 Å². The van der Waals surface area contributed by atoms with Gasteiger partial charge in [0.2, 0.25) is 0 Å². The first-order chi connectivity index (χ1) is 5.95. The van der Waals surface area contributed by atoms with Crippen LogP contribution in [0.4, 0.5) is 0 Å². The number of allylic oxidation sites excluding steroid dienone is 2. The van der Waals surface area contributed by atoms with Crippen LogP contribution in [0.2, 0.25) is 0 Å². The molecule has 0 spiro atoms. The lowest BCUT2D eigenvalue weighted by molar-refractivity contribution is 0.363. The molecule has 1 aliphatic carbocycles. The minimum Gasteiger partial charge on any atom is -0.373 e. The normalized spacial score (nSPS) is 30.0. The minimum absolute atomic E-state index is 0.558. The maximum Gasteiger partial charge on any atom is 0.0765 e. The van der Waals surface area contributed by atoms with E-state index in [-0.39, 0.29) is 0 Å². The summed E-state index contributed by atoms with van der Waals surface area (Å²) in [4.78, 5) is 0. The highest BCUT2D eigenvalue weighted by atomic mass is 15.1. The Hall–Kier alpha value is -0.500. The Labute approximate surface area is 74.4 Å². The molecule has 0 amide bonds. The second-order valence-corrected chi connectivity index (χ2v) is 3.77. The third-order valence-corrected chi connectivity index (χ3v) is 2.71. The molecule has 1 heterocycles. The summed E-state index contributed by atoms with van der Waals surface area (Å²) in [5, 5.41) is 7.06. The molecule has 0 bridgehead atoms. The monoisotopic (exact) mass is 166 g/mol. The third-order valence-electron chi connectivity index (χ3n) is 2.71. The lowest BCUT2D eigenvalue weighted by atomic mass is 10.1. The van der Waals surface area contributed by atoms with Crippen molar-refractivity contribution in [1.29, 1.82) is 0 Å². The van der Waals surface area contributed by atoms with E-state index in [0.29, 0.717) is 6.17 Å². The molecule has 2 aliphatic rings. The molecule has 0 aromatic carbocycles. The maximum atomic E-state index is 3.57. The first-order valence-corrected chi connectivity index (χ1v) is 5.14. The summed E-state index contributed by atoms with van der Waals surface area (Å²) in [5.74, 6) is 0. The first-order valence-electron chi connectivity index (χ1n) is 5.14. The third kappa shape index (κ3) is 2.01. The summed E-state index contributed by atoms with van der Waals surface area (Å²) >= 11 is 0. The van der Waals surface area contributed by atoms with Crippen LogP contribution in [0.1, 0.15) is 38.5 Å². The van der Waals surface area contributed by atoms with E-state index in [9.17, 15) is 0 Å². The number of hydrogen-bond donors (Lipinski definition) is 2. The van der Waals surface area contributed by atoms with Crippen LogP contribution in [0, 0.1) is 0 Å². The van der Waals surface area contributed by atoms with Crippen LogP contribution >= 0.6 is 0 Å². The smallest absolute Gasteiger partial charge is 0.0765 e. The van der Waals surface area contributed by atoms with Gasteiger partial charge < -0.3 is 5.32 Å². The zero-order valence-electron chi connectivity index (χ0n) is 7.60. The van der Waals surface area contributed by atoms with Crippen LogP contribution in [0.3, 0.4) is 0 Å². The van der Waals surface area contributed by atoms with Gasteiger partial charge in [0.25, 0.3) is 0 Å². The number of nitrogens with one attached hydrogen (secondary N) is 2. The molecule has 1 unspecified atom stereocenters. The fraction of sp³-hybridized carbons (Fsp3) is 0.800. The van der Waals surface area contributed by atoms with Crippen LogP contribution < -0.4 is 10.6 Å². The molecule has 0 aromatic heterocycles. The Bertz CT molecular complexity index is 169. The van der Waals surface area contributed by atoms with Gasteiger partial charge in [-0.05, 0) is 45.1 Å². The van der Waals surface area contributed by atoms with E-state index < -0.39 is 0 Å². The molecule has 2 rings (SSSR count). The highest BCUT2D eigenvalue weighted by Gasteiger charge is 2.13. The summed E-state index contributed by atoms with van der Waals surface area (Å²) in [6.07, 6.45) is 10.8. The van der Waals surface area contributed by atoms with Gasteiger partial charge in [-0.3, -0.25) is 5.32 Å². The van der Waals surface area contributed by atoms with E-state index in [1.54, 1.807) is 0 Å². The van der Waals surface area contributed by atoms with Gasteiger partial charge in [-0.1, -0.05) is 6.08 Å². The van der Waals surface area contributed by atoms with E-state index in [1.807, 2.05) is 0 Å². The molecule has 0 aromatic rings. The molecule has 1 fully saturated rings. The van der Waals surface area contributed by atoms with E-state index in [1.165, 1.54) is 50.8 Å². The molecule has 1 atom stereocenters. The van der Waals surface area contributed by atoms with Crippen molar-refractivity contribution < 1.29 is 0 Å². The van der Waals surface area contributed by atoms with E-state index in [0.717, 1.165) is 0 Å². The molecule has 2 heteroatoms. The second kappa shape index (κ2) is 3.94. The summed E-state index contributed by atoms with van der Waals surface area (Å²) in [6.45, 7) is 1.19. The summed E-state index contributed by atoms with van der Waals surface area (Å²) in [7, 11) is 0. The van der Waals surface area contributed by atoms with Gasteiger partial charge in [-0.15, -0.1) is 0 Å². The summed E-state index contributed by atoms with van der Waals surface area (Å²) < 4.78 is 0. The highest BCUT2D eigenvalue weighted by molar-refractivity contribution is 5.06. The number of hydrogen-bond acceptors (Lipinski definition) is 2. The predicted molar refractivity (Wildman–Crippen MR) is 50.7 cm³/mol. The first kappa shape index (κ1) is 8.11. The molecule has 2 nitrogen and oxygen atoms in total.